The highest BCUT2D eigenvalue weighted by Gasteiger charge is 2.21. The number of carbonyl (C=O) groups is 7. The average molecular weight is 1090 g/mol. The van der Waals surface area contributed by atoms with Crippen molar-refractivity contribution in [3.63, 3.8) is 0 Å². The summed E-state index contributed by atoms with van der Waals surface area (Å²) in [5, 5.41) is 0. The van der Waals surface area contributed by atoms with Crippen LogP contribution in [0.1, 0.15) is 106 Å². The largest absolute Gasteiger partial charge is 0.494 e. The lowest BCUT2D eigenvalue weighted by molar-refractivity contribution is -0.138. The molecule has 5 aromatic rings. The van der Waals surface area contributed by atoms with Crippen LogP contribution in [0, 0.1) is 0 Å². The van der Waals surface area contributed by atoms with Crippen LogP contribution < -0.4 is 33.2 Å². The minimum Gasteiger partial charge on any atom is -0.494 e. The van der Waals surface area contributed by atoms with Gasteiger partial charge in [0.2, 0.25) is 0 Å². The maximum Gasteiger partial charge on any atom is 0.343 e. The second-order valence-corrected chi connectivity index (χ2v) is 17.1. The molecule has 0 fully saturated rings. The van der Waals surface area contributed by atoms with Crippen LogP contribution in [0.4, 0.5) is 0 Å². The quantitative estimate of drug-likeness (QED) is 0.0120. The molecule has 0 aliphatic rings. The van der Waals surface area contributed by atoms with Crippen molar-refractivity contribution in [3.05, 3.63) is 175 Å². The highest BCUT2D eigenvalue weighted by Crippen LogP contribution is 2.28. The van der Waals surface area contributed by atoms with Crippen molar-refractivity contribution < 1.29 is 85.7 Å². The molecule has 0 aliphatic heterocycles. The van der Waals surface area contributed by atoms with Crippen molar-refractivity contribution in [3.8, 4) is 40.2 Å². The molecule has 0 spiro atoms. The molecule has 0 radical (unpaired) electrons. The lowest BCUT2D eigenvalue weighted by Gasteiger charge is -2.13. The summed E-state index contributed by atoms with van der Waals surface area (Å²) in [6, 6.07) is 29.3. The topological polar surface area (TPSA) is 221 Å². The van der Waals surface area contributed by atoms with Gasteiger partial charge in [-0.15, -0.1) is 0 Å². The van der Waals surface area contributed by atoms with Crippen LogP contribution in [-0.4, -0.2) is 94.6 Å². The number of esters is 7. The van der Waals surface area contributed by atoms with Gasteiger partial charge >= 0.3 is 41.8 Å². The smallest absolute Gasteiger partial charge is 0.343 e. The molecule has 416 valence electrons. The summed E-state index contributed by atoms with van der Waals surface area (Å²) in [5.74, 6) is -2.29. The molecule has 0 bridgehead atoms. The molecule has 0 aliphatic carbocycles. The summed E-state index contributed by atoms with van der Waals surface area (Å²) in [6.45, 7) is 12.0. The Balaban J connectivity index is 1.12. The summed E-state index contributed by atoms with van der Waals surface area (Å²) in [4.78, 5) is 86.7. The number of hydrogen-bond donors (Lipinski definition) is 0. The van der Waals surface area contributed by atoms with E-state index < -0.39 is 41.8 Å². The van der Waals surface area contributed by atoms with Crippen molar-refractivity contribution in [1.29, 1.82) is 0 Å². The third kappa shape index (κ3) is 22.9. The van der Waals surface area contributed by atoms with E-state index in [1.54, 1.807) is 72.8 Å². The number of benzene rings is 5. The van der Waals surface area contributed by atoms with Crippen LogP contribution >= 0.6 is 0 Å². The van der Waals surface area contributed by atoms with Gasteiger partial charge in [0.25, 0.3) is 0 Å². The van der Waals surface area contributed by atoms with Crippen molar-refractivity contribution in [2.75, 3.05) is 52.9 Å². The van der Waals surface area contributed by atoms with Crippen LogP contribution in [0.2, 0.25) is 0 Å². The van der Waals surface area contributed by atoms with Crippen molar-refractivity contribution in [2.24, 2.45) is 0 Å². The first kappa shape index (κ1) is 60.7. The van der Waals surface area contributed by atoms with Crippen molar-refractivity contribution in [1.82, 2.24) is 0 Å². The van der Waals surface area contributed by atoms with Gasteiger partial charge in [0.15, 0.2) is 0 Å². The van der Waals surface area contributed by atoms with Gasteiger partial charge in [-0.2, -0.15) is 0 Å². The molecule has 0 amide bonds. The van der Waals surface area contributed by atoms with Gasteiger partial charge in [-0.3, -0.25) is 0 Å². The zero-order valence-electron chi connectivity index (χ0n) is 43.9. The molecule has 0 aromatic heterocycles. The van der Waals surface area contributed by atoms with Gasteiger partial charge < -0.3 is 52.1 Å². The maximum atomic E-state index is 13.7. The molecule has 5 rings (SSSR count). The van der Waals surface area contributed by atoms with E-state index in [-0.39, 0.29) is 53.8 Å². The zero-order chi connectivity index (χ0) is 56.5. The number of hydrogen-bond acceptors (Lipinski definition) is 18. The second-order valence-electron chi connectivity index (χ2n) is 17.1. The number of rotatable bonds is 36. The first-order valence-electron chi connectivity index (χ1n) is 25.7. The van der Waals surface area contributed by atoms with E-state index in [4.69, 9.17) is 52.1 Å². The van der Waals surface area contributed by atoms with E-state index in [0.717, 1.165) is 63.2 Å². The Bertz CT molecular complexity index is 2780. The van der Waals surface area contributed by atoms with E-state index in [2.05, 4.69) is 19.7 Å². The van der Waals surface area contributed by atoms with Gasteiger partial charge in [0.1, 0.15) is 59.0 Å². The zero-order valence-corrected chi connectivity index (χ0v) is 43.9. The molecule has 0 saturated heterocycles. The molecule has 79 heavy (non-hydrogen) atoms. The highest BCUT2D eigenvalue weighted by atomic mass is 16.6. The third-order valence-corrected chi connectivity index (χ3v) is 11.1. The minimum atomic E-state index is -0.912. The standard InChI is InChI=1S/C61H64O18/c1-4-55(62)73-38-12-8-7-11-35-69-47-23-17-44(18-24-47)58(65)77-51-31-29-50(30-32-51)72-41-42-76-61(68)53-43-52(78-59(66)45-19-25-48(26-20-45)70-36-13-9-15-39-74-56(63)5-2)33-34-54(53)79-60(67)46-21-27-49(28-22-46)71-37-14-10-16-40-75-57(64)6-3/h4-6,17-34,43H,1-3,7-16,35-42H2. The maximum absolute atomic E-state index is 13.7. The van der Waals surface area contributed by atoms with Gasteiger partial charge in [0.05, 0.1) is 56.3 Å². The summed E-state index contributed by atoms with van der Waals surface area (Å²) >= 11 is 0. The van der Waals surface area contributed by atoms with E-state index in [1.165, 1.54) is 42.5 Å². The summed E-state index contributed by atoms with van der Waals surface area (Å²) < 4.78 is 60.4. The van der Waals surface area contributed by atoms with E-state index in [9.17, 15) is 33.6 Å². The number of ether oxygens (including phenoxy) is 11. The average Bonchev–Trinajstić information content (AvgIpc) is 3.49. The molecule has 0 unspecified atom stereocenters. The lowest BCUT2D eigenvalue weighted by Crippen LogP contribution is -2.16. The lowest BCUT2D eigenvalue weighted by atomic mass is 10.1. The van der Waals surface area contributed by atoms with Crippen LogP contribution in [0.5, 0.6) is 40.2 Å². The van der Waals surface area contributed by atoms with Crippen LogP contribution in [0.3, 0.4) is 0 Å². The predicted molar refractivity (Wildman–Crippen MR) is 289 cm³/mol. The van der Waals surface area contributed by atoms with E-state index in [1.807, 2.05) is 0 Å². The highest BCUT2D eigenvalue weighted by molar-refractivity contribution is 5.97. The SMILES string of the molecule is C=CC(=O)OCCCCCCOc1ccc(C(=O)Oc2ccc(OCCOC(=O)c3cc(OC(=O)c4ccc(OCCCCCOC(=O)C=C)cc4)ccc3OC(=O)c3ccc(OCCCCCOC(=O)C=C)cc3)cc2)cc1. The molecule has 5 aromatic carbocycles. The summed E-state index contributed by atoms with van der Waals surface area (Å²) in [6.07, 6.45) is 11.1. The van der Waals surface area contributed by atoms with Gasteiger partial charge in [-0.05, 0) is 179 Å². The van der Waals surface area contributed by atoms with E-state index >= 15 is 0 Å². The Hall–Kier alpha value is -9.19. The number of carbonyl (C=O) groups excluding carboxylic acids is 7. The second kappa shape index (κ2) is 34.5. The Morgan fingerprint density at radius 1 is 0.304 bits per heavy atom. The Morgan fingerprint density at radius 2 is 0.620 bits per heavy atom. The fraction of sp³-hybridized carbons (Fsp3) is 0.295. The molecule has 18 heteroatoms. The predicted octanol–water partition coefficient (Wildman–Crippen LogP) is 10.8. The Morgan fingerprint density at radius 3 is 1.03 bits per heavy atom. The Kier molecular flexibility index (Phi) is 26.5. The first-order valence-corrected chi connectivity index (χ1v) is 25.7. The Labute approximate surface area is 458 Å². The molecule has 18 nitrogen and oxygen atoms in total. The van der Waals surface area contributed by atoms with Gasteiger partial charge in [-0.25, -0.2) is 33.6 Å². The van der Waals surface area contributed by atoms with E-state index in [0.29, 0.717) is 80.9 Å². The third-order valence-electron chi connectivity index (χ3n) is 11.1. The molecular formula is C61H64O18. The molecule has 0 heterocycles. The normalized spacial score (nSPS) is 10.4. The minimum absolute atomic E-state index is 0.0419. The van der Waals surface area contributed by atoms with Gasteiger partial charge in [0, 0.05) is 18.2 Å². The van der Waals surface area contributed by atoms with Crippen molar-refractivity contribution >= 4 is 41.8 Å². The van der Waals surface area contributed by atoms with Crippen LogP contribution in [0.15, 0.2) is 153 Å². The fourth-order valence-corrected chi connectivity index (χ4v) is 6.93. The fourth-order valence-electron chi connectivity index (χ4n) is 6.93. The molecular weight excluding hydrogens is 1020 g/mol. The van der Waals surface area contributed by atoms with Crippen molar-refractivity contribution in [2.45, 2.75) is 64.2 Å². The summed E-state index contributed by atoms with van der Waals surface area (Å²) in [5.41, 5.74) is 0.447. The first-order chi connectivity index (χ1) is 38.4. The van der Waals surface area contributed by atoms with Gasteiger partial charge in [-0.1, -0.05) is 19.7 Å². The number of unbranched alkanes of at least 4 members (excludes halogenated alkanes) is 7. The monoisotopic (exact) mass is 1080 g/mol. The van der Waals surface area contributed by atoms with Crippen LogP contribution in [-0.2, 0) is 33.3 Å². The summed E-state index contributed by atoms with van der Waals surface area (Å²) in [7, 11) is 0. The molecule has 0 saturated carbocycles. The molecule has 0 atom stereocenters. The van der Waals surface area contributed by atoms with Crippen LogP contribution in [0.25, 0.3) is 0 Å². The molecule has 0 N–H and O–H groups in total.